The summed E-state index contributed by atoms with van der Waals surface area (Å²) < 4.78 is 0.917. The fourth-order valence-electron chi connectivity index (χ4n) is 2.90. The second-order valence-electron chi connectivity index (χ2n) is 6.19. The zero-order chi connectivity index (χ0) is 20.1. The van der Waals surface area contributed by atoms with Crippen molar-refractivity contribution < 1.29 is 0 Å². The monoisotopic (exact) mass is 509 g/mol. The summed E-state index contributed by atoms with van der Waals surface area (Å²) in [7, 11) is 0. The summed E-state index contributed by atoms with van der Waals surface area (Å²) in [5.41, 5.74) is 4.57. The summed E-state index contributed by atoms with van der Waals surface area (Å²) >= 11 is 4.00. The average Bonchev–Trinajstić information content (AvgIpc) is 3.42. The number of thiophene rings is 1. The van der Waals surface area contributed by atoms with Gasteiger partial charge in [0.1, 0.15) is 17.5 Å². The maximum absolute atomic E-state index is 9.65. The van der Waals surface area contributed by atoms with Crippen LogP contribution in [-0.2, 0) is 4.43 Å². The third kappa shape index (κ3) is 4.39. The molecule has 0 unspecified atom stereocenters. The predicted molar refractivity (Wildman–Crippen MR) is 128 cm³/mol. The van der Waals surface area contributed by atoms with Gasteiger partial charge in [-0.15, -0.1) is 11.3 Å². The molecule has 0 radical (unpaired) electrons. The molecule has 0 saturated carbocycles. The van der Waals surface area contributed by atoms with Gasteiger partial charge in [0.05, 0.1) is 0 Å². The lowest BCUT2D eigenvalue weighted by molar-refractivity contribution is 1.09. The Kier molecular flexibility index (Phi) is 6.03. The Morgan fingerprint density at radius 1 is 1.17 bits per heavy atom. The van der Waals surface area contributed by atoms with E-state index in [1.807, 2.05) is 36.4 Å². The van der Waals surface area contributed by atoms with Gasteiger partial charge >= 0.3 is 0 Å². The molecule has 29 heavy (non-hydrogen) atoms. The SMILES string of the molecule is N#Cc1c(N=Cc2ccccc2-c2cccs2)n[nH]c1Nc1cccc(CI)c1. The predicted octanol–water partition coefficient (Wildman–Crippen LogP) is 6.44. The Morgan fingerprint density at radius 3 is 2.86 bits per heavy atom. The summed E-state index contributed by atoms with van der Waals surface area (Å²) in [6.07, 6.45) is 1.76. The zero-order valence-electron chi connectivity index (χ0n) is 15.3. The van der Waals surface area contributed by atoms with Crippen molar-refractivity contribution in [2.24, 2.45) is 4.99 Å². The number of halogens is 1. The Balaban J connectivity index is 1.62. The lowest BCUT2D eigenvalue weighted by Gasteiger charge is -2.05. The molecule has 0 aliphatic heterocycles. The number of benzene rings is 2. The van der Waals surface area contributed by atoms with E-state index >= 15 is 0 Å². The topological polar surface area (TPSA) is 76.9 Å². The lowest BCUT2D eigenvalue weighted by atomic mass is 10.1. The second-order valence-corrected chi connectivity index (χ2v) is 7.90. The van der Waals surface area contributed by atoms with Crippen LogP contribution in [0.15, 0.2) is 71.0 Å². The molecule has 0 aliphatic carbocycles. The molecule has 2 N–H and O–H groups in total. The number of nitrogens with one attached hydrogen (secondary N) is 2. The Morgan fingerprint density at radius 2 is 2.07 bits per heavy atom. The van der Waals surface area contributed by atoms with E-state index in [-0.39, 0.29) is 0 Å². The molecule has 2 heterocycles. The van der Waals surface area contributed by atoms with Gasteiger partial charge in [0.2, 0.25) is 0 Å². The van der Waals surface area contributed by atoms with Crippen molar-refractivity contribution in [3.05, 3.63) is 82.7 Å². The molecule has 7 heteroatoms. The molecular weight excluding hydrogens is 493 g/mol. The fourth-order valence-corrected chi connectivity index (χ4v) is 4.14. The molecule has 4 aromatic rings. The van der Waals surface area contributed by atoms with Gasteiger partial charge in [-0.2, -0.15) is 10.4 Å². The highest BCUT2D eigenvalue weighted by molar-refractivity contribution is 14.1. The number of aliphatic imine (C=N–C) groups is 1. The van der Waals surface area contributed by atoms with Crippen molar-refractivity contribution in [3.63, 3.8) is 0 Å². The second kappa shape index (κ2) is 9.03. The standard InChI is InChI=1S/C22H16IN5S/c23-12-15-5-3-7-17(11-15)26-22-19(13-24)21(27-28-22)25-14-16-6-1-2-8-18(16)20-9-4-10-29-20/h1-11,14H,12H2,(H2,26,27,28). The van der Waals surface area contributed by atoms with E-state index in [1.54, 1.807) is 17.6 Å². The molecule has 0 bridgehead atoms. The molecule has 0 fully saturated rings. The van der Waals surface area contributed by atoms with E-state index in [2.05, 4.69) is 78.8 Å². The number of anilines is 2. The van der Waals surface area contributed by atoms with Crippen LogP contribution in [0.5, 0.6) is 0 Å². The molecule has 5 nitrogen and oxygen atoms in total. The van der Waals surface area contributed by atoms with Crippen molar-refractivity contribution in [1.29, 1.82) is 5.26 Å². The van der Waals surface area contributed by atoms with Gasteiger partial charge in [-0.1, -0.05) is 65.1 Å². The average molecular weight is 509 g/mol. The van der Waals surface area contributed by atoms with E-state index in [1.165, 1.54) is 10.4 Å². The number of rotatable bonds is 6. The molecule has 0 aliphatic rings. The fraction of sp³-hybridized carbons (Fsp3) is 0.0455. The normalized spacial score (nSPS) is 10.9. The van der Waals surface area contributed by atoms with Crippen molar-refractivity contribution in [2.75, 3.05) is 5.32 Å². The molecule has 0 spiro atoms. The van der Waals surface area contributed by atoms with Crippen LogP contribution >= 0.6 is 33.9 Å². The van der Waals surface area contributed by atoms with Crippen LogP contribution in [0.1, 0.15) is 16.7 Å². The number of aromatic amines is 1. The zero-order valence-corrected chi connectivity index (χ0v) is 18.2. The maximum atomic E-state index is 9.65. The van der Waals surface area contributed by atoms with Crippen molar-refractivity contribution >= 4 is 57.5 Å². The molecule has 0 saturated heterocycles. The number of hydrogen-bond donors (Lipinski definition) is 2. The van der Waals surface area contributed by atoms with Crippen molar-refractivity contribution in [2.45, 2.75) is 4.43 Å². The summed E-state index contributed by atoms with van der Waals surface area (Å²) in [5.74, 6) is 0.901. The number of aromatic nitrogens is 2. The highest BCUT2D eigenvalue weighted by Gasteiger charge is 2.13. The highest BCUT2D eigenvalue weighted by Crippen LogP contribution is 2.29. The van der Waals surface area contributed by atoms with Crippen LogP contribution in [-0.4, -0.2) is 16.4 Å². The van der Waals surface area contributed by atoms with Crippen LogP contribution < -0.4 is 5.32 Å². The summed E-state index contributed by atoms with van der Waals surface area (Å²) in [4.78, 5) is 5.66. The first-order valence-electron chi connectivity index (χ1n) is 8.86. The van der Waals surface area contributed by atoms with E-state index in [4.69, 9.17) is 0 Å². The summed E-state index contributed by atoms with van der Waals surface area (Å²) in [6.45, 7) is 0. The van der Waals surface area contributed by atoms with E-state index in [0.717, 1.165) is 21.2 Å². The lowest BCUT2D eigenvalue weighted by Crippen LogP contribution is -1.93. The van der Waals surface area contributed by atoms with Crippen LogP contribution in [0.3, 0.4) is 0 Å². The van der Waals surface area contributed by atoms with Gasteiger partial charge < -0.3 is 5.32 Å². The number of H-pyrrole nitrogens is 1. The molecule has 0 amide bonds. The molecular formula is C22H16IN5S. The van der Waals surface area contributed by atoms with Gasteiger partial charge in [-0.25, -0.2) is 4.99 Å². The minimum atomic E-state index is 0.362. The Hall–Kier alpha value is -2.96. The largest absolute Gasteiger partial charge is 0.339 e. The van der Waals surface area contributed by atoms with Gasteiger partial charge in [0.15, 0.2) is 5.82 Å². The summed E-state index contributed by atoms with van der Waals surface area (Å²) in [6, 6.07) is 22.4. The van der Waals surface area contributed by atoms with E-state index < -0.39 is 0 Å². The van der Waals surface area contributed by atoms with Gasteiger partial charge in [-0.3, -0.25) is 5.10 Å². The van der Waals surface area contributed by atoms with Crippen molar-refractivity contribution in [3.8, 4) is 16.5 Å². The van der Waals surface area contributed by atoms with E-state index in [0.29, 0.717) is 17.2 Å². The molecule has 0 atom stereocenters. The first-order chi connectivity index (χ1) is 14.3. The van der Waals surface area contributed by atoms with Crippen molar-refractivity contribution in [1.82, 2.24) is 10.2 Å². The van der Waals surface area contributed by atoms with Crippen LogP contribution in [0.2, 0.25) is 0 Å². The number of nitrogens with zero attached hydrogens (tertiary/aromatic N) is 3. The minimum absolute atomic E-state index is 0.362. The number of alkyl halides is 1. The Bertz CT molecular complexity index is 1190. The highest BCUT2D eigenvalue weighted by atomic mass is 127. The Labute approximate surface area is 186 Å². The molecule has 4 rings (SSSR count). The van der Waals surface area contributed by atoms with E-state index in [9.17, 15) is 5.26 Å². The molecule has 2 aromatic carbocycles. The number of nitriles is 1. The van der Waals surface area contributed by atoms with Crippen LogP contribution in [0, 0.1) is 11.3 Å². The van der Waals surface area contributed by atoms with Gasteiger partial charge in [0, 0.05) is 32.3 Å². The number of hydrogen-bond acceptors (Lipinski definition) is 5. The first-order valence-corrected chi connectivity index (χ1v) is 11.3. The molecule has 2 aromatic heterocycles. The first kappa shape index (κ1) is 19.4. The van der Waals surface area contributed by atoms with Crippen LogP contribution in [0.25, 0.3) is 10.4 Å². The smallest absolute Gasteiger partial charge is 0.193 e. The van der Waals surface area contributed by atoms with Gasteiger partial charge in [-0.05, 0) is 29.1 Å². The van der Waals surface area contributed by atoms with Gasteiger partial charge in [0.25, 0.3) is 0 Å². The third-order valence-corrected chi connectivity index (χ3v) is 6.07. The molecule has 142 valence electrons. The summed E-state index contributed by atoms with van der Waals surface area (Å²) in [5, 5.41) is 22.1. The third-order valence-electron chi connectivity index (χ3n) is 4.28. The maximum Gasteiger partial charge on any atom is 0.193 e. The minimum Gasteiger partial charge on any atom is -0.339 e. The quantitative estimate of drug-likeness (QED) is 0.179. The van der Waals surface area contributed by atoms with Crippen LogP contribution in [0.4, 0.5) is 17.3 Å².